The third-order valence-electron chi connectivity index (χ3n) is 3.02. The summed E-state index contributed by atoms with van der Waals surface area (Å²) in [5.41, 5.74) is 2.64. The van der Waals surface area contributed by atoms with Crippen molar-refractivity contribution >= 4 is 11.6 Å². The molecule has 1 heterocycles. The van der Waals surface area contributed by atoms with E-state index in [-0.39, 0.29) is 5.91 Å². The lowest BCUT2D eigenvalue weighted by atomic mass is 10.1. The molecule has 0 bridgehead atoms. The lowest BCUT2D eigenvalue weighted by molar-refractivity contribution is 0.0849. The Labute approximate surface area is 110 Å². The molecule has 0 aliphatic carbocycles. The second kappa shape index (κ2) is 6.80. The fourth-order valence-electron chi connectivity index (χ4n) is 2.09. The van der Waals surface area contributed by atoms with Crippen molar-refractivity contribution in [3.8, 4) is 0 Å². The van der Waals surface area contributed by atoms with Gasteiger partial charge in [0.1, 0.15) is 0 Å². The van der Waals surface area contributed by atoms with E-state index in [9.17, 15) is 4.79 Å². The summed E-state index contributed by atoms with van der Waals surface area (Å²) >= 11 is 0. The number of unbranched alkanes of at least 4 members (excludes halogenated alkanes) is 2. The van der Waals surface area contributed by atoms with Gasteiger partial charge in [-0.1, -0.05) is 44.5 Å². The fourth-order valence-corrected chi connectivity index (χ4v) is 2.09. The lowest BCUT2D eigenvalue weighted by Crippen LogP contribution is -2.23. The average Bonchev–Trinajstić information content (AvgIpc) is 2.67. The summed E-state index contributed by atoms with van der Waals surface area (Å²) in [5, 5.41) is 0. The minimum Gasteiger partial charge on any atom is -0.308 e. The van der Waals surface area contributed by atoms with Crippen molar-refractivity contribution in [1.82, 2.24) is 4.90 Å². The van der Waals surface area contributed by atoms with Gasteiger partial charge >= 0.3 is 0 Å². The summed E-state index contributed by atoms with van der Waals surface area (Å²) < 4.78 is 0. The zero-order valence-corrected chi connectivity index (χ0v) is 11.1. The van der Waals surface area contributed by atoms with E-state index < -0.39 is 0 Å². The highest BCUT2D eigenvalue weighted by Gasteiger charge is 2.29. The first-order valence-electron chi connectivity index (χ1n) is 6.36. The Morgan fingerprint density at radius 2 is 1.72 bits per heavy atom. The van der Waals surface area contributed by atoms with Gasteiger partial charge in [0.05, 0.1) is 0 Å². The molecule has 2 heteroatoms. The lowest BCUT2D eigenvalue weighted by Gasteiger charge is -2.16. The molecule has 0 aromatic heterocycles. The van der Waals surface area contributed by atoms with Crippen LogP contribution in [0.1, 0.15) is 42.1 Å². The van der Waals surface area contributed by atoms with E-state index in [0.717, 1.165) is 36.2 Å². The van der Waals surface area contributed by atoms with Crippen molar-refractivity contribution in [1.29, 1.82) is 0 Å². The summed E-state index contributed by atoms with van der Waals surface area (Å²) in [6.45, 7) is 13.0. The van der Waals surface area contributed by atoms with Crippen molar-refractivity contribution in [2.24, 2.45) is 0 Å². The predicted molar refractivity (Wildman–Crippen MR) is 77.3 cm³/mol. The molecule has 0 fully saturated rings. The number of carbonyl (C=O) groups is 1. The maximum absolute atomic E-state index is 12.1. The molecule has 1 aliphatic heterocycles. The van der Waals surface area contributed by atoms with Crippen LogP contribution in [0.4, 0.5) is 0 Å². The van der Waals surface area contributed by atoms with Crippen molar-refractivity contribution in [3.05, 3.63) is 55.1 Å². The Morgan fingerprint density at radius 3 is 2.28 bits per heavy atom. The summed E-state index contributed by atoms with van der Waals surface area (Å²) in [6.07, 6.45) is 3.38. The Hall–Kier alpha value is -1.83. The first-order chi connectivity index (χ1) is 8.75. The van der Waals surface area contributed by atoms with Gasteiger partial charge in [0.2, 0.25) is 0 Å². The molecule has 0 atom stereocenters. The number of fused-ring (bicyclic) bond motifs is 1. The van der Waals surface area contributed by atoms with E-state index in [4.69, 9.17) is 0 Å². The van der Waals surface area contributed by atoms with E-state index in [1.807, 2.05) is 24.3 Å². The monoisotopic (exact) mass is 243 g/mol. The Morgan fingerprint density at radius 1 is 1.11 bits per heavy atom. The number of carbonyl (C=O) groups excluding carboxylic acids is 1. The minimum atomic E-state index is 0.108. The SMILES string of the molecule is C=C.C=C1c2ccccc2C(=O)N1CCCCC. The number of hydrogen-bond acceptors (Lipinski definition) is 1. The van der Waals surface area contributed by atoms with Gasteiger partial charge in [0, 0.05) is 23.4 Å². The van der Waals surface area contributed by atoms with E-state index in [0.29, 0.717) is 0 Å². The van der Waals surface area contributed by atoms with E-state index in [1.165, 1.54) is 6.42 Å². The molecular weight excluding hydrogens is 222 g/mol. The molecule has 18 heavy (non-hydrogen) atoms. The van der Waals surface area contributed by atoms with Crippen molar-refractivity contribution in [3.63, 3.8) is 0 Å². The number of rotatable bonds is 4. The fraction of sp³-hybridized carbons (Fsp3) is 0.312. The molecule has 0 saturated heterocycles. The van der Waals surface area contributed by atoms with Crippen LogP contribution in [0.15, 0.2) is 44.0 Å². The number of nitrogens with zero attached hydrogens (tertiary/aromatic N) is 1. The molecule has 0 unspecified atom stereocenters. The standard InChI is InChI=1S/C14H17NO.C2H4/c1-3-4-7-10-15-11(2)12-8-5-6-9-13(12)14(15)16;1-2/h5-6,8-9H,2-4,7,10H2,1H3;1-2H2. The van der Waals surface area contributed by atoms with Gasteiger partial charge in [-0.3, -0.25) is 4.79 Å². The van der Waals surface area contributed by atoms with Gasteiger partial charge in [-0.15, -0.1) is 13.2 Å². The largest absolute Gasteiger partial charge is 0.308 e. The highest BCUT2D eigenvalue weighted by Crippen LogP contribution is 2.31. The second-order valence-corrected chi connectivity index (χ2v) is 4.16. The topological polar surface area (TPSA) is 20.3 Å². The highest BCUT2D eigenvalue weighted by atomic mass is 16.2. The molecule has 0 saturated carbocycles. The van der Waals surface area contributed by atoms with Crippen molar-refractivity contribution < 1.29 is 4.79 Å². The third-order valence-corrected chi connectivity index (χ3v) is 3.02. The minimum absolute atomic E-state index is 0.108. The molecule has 0 radical (unpaired) electrons. The summed E-state index contributed by atoms with van der Waals surface area (Å²) in [4.78, 5) is 13.9. The molecule has 2 rings (SSSR count). The molecule has 1 aliphatic rings. The Balaban J connectivity index is 0.000000771. The van der Waals surface area contributed by atoms with E-state index >= 15 is 0 Å². The van der Waals surface area contributed by atoms with Gasteiger partial charge in [-0.2, -0.15) is 0 Å². The van der Waals surface area contributed by atoms with Crippen LogP contribution in [-0.2, 0) is 0 Å². The summed E-state index contributed by atoms with van der Waals surface area (Å²) in [5.74, 6) is 0.108. The molecule has 96 valence electrons. The van der Waals surface area contributed by atoms with Crippen LogP contribution in [0.3, 0.4) is 0 Å². The first-order valence-corrected chi connectivity index (χ1v) is 6.36. The summed E-state index contributed by atoms with van der Waals surface area (Å²) in [6, 6.07) is 7.70. The molecular formula is C16H21NO. The molecule has 1 aromatic carbocycles. The average molecular weight is 243 g/mol. The summed E-state index contributed by atoms with van der Waals surface area (Å²) in [7, 11) is 0. The van der Waals surface area contributed by atoms with Crippen LogP contribution in [0, 0.1) is 0 Å². The van der Waals surface area contributed by atoms with Crippen LogP contribution in [0.2, 0.25) is 0 Å². The number of amides is 1. The van der Waals surface area contributed by atoms with Crippen molar-refractivity contribution in [2.45, 2.75) is 26.2 Å². The zero-order valence-electron chi connectivity index (χ0n) is 11.1. The molecule has 1 amide bonds. The van der Waals surface area contributed by atoms with Gasteiger partial charge in [-0.25, -0.2) is 0 Å². The normalized spacial score (nSPS) is 13.1. The maximum Gasteiger partial charge on any atom is 0.258 e. The van der Waals surface area contributed by atoms with Crippen LogP contribution in [-0.4, -0.2) is 17.4 Å². The first kappa shape index (κ1) is 14.2. The quantitative estimate of drug-likeness (QED) is 0.575. The smallest absolute Gasteiger partial charge is 0.258 e. The third kappa shape index (κ3) is 2.70. The van der Waals surface area contributed by atoms with Crippen LogP contribution >= 0.6 is 0 Å². The van der Waals surface area contributed by atoms with Crippen LogP contribution < -0.4 is 0 Å². The molecule has 1 aromatic rings. The van der Waals surface area contributed by atoms with Gasteiger partial charge < -0.3 is 4.90 Å². The molecule has 0 spiro atoms. The second-order valence-electron chi connectivity index (χ2n) is 4.16. The van der Waals surface area contributed by atoms with Gasteiger partial charge in [-0.05, 0) is 12.5 Å². The number of hydrogen-bond donors (Lipinski definition) is 0. The van der Waals surface area contributed by atoms with Crippen molar-refractivity contribution in [2.75, 3.05) is 6.54 Å². The van der Waals surface area contributed by atoms with Crippen LogP contribution in [0.5, 0.6) is 0 Å². The maximum atomic E-state index is 12.1. The zero-order chi connectivity index (χ0) is 13.5. The highest BCUT2D eigenvalue weighted by molar-refractivity contribution is 6.08. The Kier molecular flexibility index (Phi) is 5.37. The van der Waals surface area contributed by atoms with E-state index in [1.54, 1.807) is 4.90 Å². The van der Waals surface area contributed by atoms with Crippen LogP contribution in [0.25, 0.3) is 5.70 Å². The van der Waals surface area contributed by atoms with E-state index in [2.05, 4.69) is 26.7 Å². The van der Waals surface area contributed by atoms with Gasteiger partial charge in [0.25, 0.3) is 5.91 Å². The number of benzene rings is 1. The molecule has 2 nitrogen and oxygen atoms in total. The molecule has 0 N–H and O–H groups in total. The Bertz CT molecular complexity index is 401. The van der Waals surface area contributed by atoms with Gasteiger partial charge in [0.15, 0.2) is 0 Å². The predicted octanol–water partition coefficient (Wildman–Crippen LogP) is 4.11.